The van der Waals surface area contributed by atoms with E-state index in [0.29, 0.717) is 5.69 Å². The summed E-state index contributed by atoms with van der Waals surface area (Å²) in [6, 6.07) is 4.60. The molecule has 0 fully saturated rings. The third kappa shape index (κ3) is 3.82. The van der Waals surface area contributed by atoms with E-state index in [1.54, 1.807) is 6.92 Å². The Labute approximate surface area is 143 Å². The van der Waals surface area contributed by atoms with Crippen molar-refractivity contribution in [2.24, 2.45) is 0 Å². The van der Waals surface area contributed by atoms with Crippen LogP contribution in [0.15, 0.2) is 39.9 Å². The molecule has 3 rings (SSSR count). The summed E-state index contributed by atoms with van der Waals surface area (Å²) in [4.78, 5) is 28.3. The summed E-state index contributed by atoms with van der Waals surface area (Å²) in [5, 5.41) is 6.27. The second-order valence-electron chi connectivity index (χ2n) is 5.25. The first-order chi connectivity index (χ1) is 12.2. The summed E-state index contributed by atoms with van der Waals surface area (Å²) in [5.41, 5.74) is 0.183. The molecule has 0 spiro atoms. The lowest BCUT2D eigenvalue weighted by Gasteiger charge is -2.10. The van der Waals surface area contributed by atoms with Crippen molar-refractivity contribution in [1.29, 1.82) is 0 Å². The van der Waals surface area contributed by atoms with Gasteiger partial charge in [-0.25, -0.2) is 4.98 Å². The number of aryl methyl sites for hydroxylation is 1. The molecule has 0 radical (unpaired) electrons. The minimum Gasteiger partial charge on any atom is -0.406 e. The Bertz CT molecular complexity index is 1010. The minimum absolute atomic E-state index is 0.0735. The number of fused-ring (bicyclic) bond motifs is 1. The Balaban J connectivity index is 1.70. The van der Waals surface area contributed by atoms with Crippen LogP contribution in [0.4, 0.5) is 18.9 Å². The number of hydrogen-bond donors (Lipinski definition) is 1. The number of halogens is 3. The van der Waals surface area contributed by atoms with E-state index in [4.69, 9.17) is 4.52 Å². The third-order valence-corrected chi connectivity index (χ3v) is 3.32. The van der Waals surface area contributed by atoms with Crippen molar-refractivity contribution >= 4 is 22.7 Å². The van der Waals surface area contributed by atoms with Gasteiger partial charge in [0.1, 0.15) is 24.0 Å². The fourth-order valence-corrected chi connectivity index (χ4v) is 2.22. The van der Waals surface area contributed by atoms with Gasteiger partial charge in [-0.1, -0.05) is 5.16 Å². The van der Waals surface area contributed by atoms with Gasteiger partial charge >= 0.3 is 6.36 Å². The lowest BCUT2D eigenvalue weighted by Crippen LogP contribution is -2.27. The summed E-state index contributed by atoms with van der Waals surface area (Å²) in [6.45, 7) is 1.23. The molecule has 2 aromatic heterocycles. The number of amides is 1. The van der Waals surface area contributed by atoms with Crippen LogP contribution in [-0.4, -0.2) is 27.0 Å². The van der Waals surface area contributed by atoms with Crippen LogP contribution in [0.2, 0.25) is 0 Å². The van der Waals surface area contributed by atoms with Gasteiger partial charge in [0, 0.05) is 5.69 Å². The molecule has 0 saturated heterocycles. The SMILES string of the molecule is Cc1noc2ncn(CC(=O)Nc3ccc(OC(F)(F)F)cc3)c(=O)c12. The van der Waals surface area contributed by atoms with Gasteiger partial charge in [0.25, 0.3) is 11.3 Å². The van der Waals surface area contributed by atoms with Crippen LogP contribution < -0.4 is 15.6 Å². The number of carbonyl (C=O) groups excluding carboxylic acids is 1. The highest BCUT2D eigenvalue weighted by atomic mass is 19.4. The smallest absolute Gasteiger partial charge is 0.406 e. The molecule has 0 atom stereocenters. The number of hydrogen-bond acceptors (Lipinski definition) is 6. The molecule has 1 aromatic carbocycles. The lowest BCUT2D eigenvalue weighted by atomic mass is 10.3. The first kappa shape index (κ1) is 17.5. The molecule has 0 aliphatic carbocycles. The number of nitrogens with zero attached hydrogens (tertiary/aromatic N) is 3. The minimum atomic E-state index is -4.79. The van der Waals surface area contributed by atoms with Crippen molar-refractivity contribution in [2.75, 3.05) is 5.32 Å². The quantitative estimate of drug-likeness (QED) is 0.758. The van der Waals surface area contributed by atoms with Crippen molar-refractivity contribution in [3.05, 3.63) is 46.6 Å². The molecule has 136 valence electrons. The van der Waals surface area contributed by atoms with Crippen LogP contribution >= 0.6 is 0 Å². The van der Waals surface area contributed by atoms with Crippen molar-refractivity contribution in [1.82, 2.24) is 14.7 Å². The Morgan fingerprint density at radius 3 is 2.65 bits per heavy atom. The van der Waals surface area contributed by atoms with Crippen LogP contribution in [-0.2, 0) is 11.3 Å². The maximum Gasteiger partial charge on any atom is 0.573 e. The van der Waals surface area contributed by atoms with Crippen molar-refractivity contribution in [3.8, 4) is 5.75 Å². The summed E-state index contributed by atoms with van der Waals surface area (Å²) < 4.78 is 46.0. The predicted octanol–water partition coefficient (Wildman–Crippen LogP) is 2.23. The van der Waals surface area contributed by atoms with Gasteiger partial charge in [0.15, 0.2) is 0 Å². The van der Waals surface area contributed by atoms with E-state index >= 15 is 0 Å². The molecule has 1 N–H and O–H groups in total. The summed E-state index contributed by atoms with van der Waals surface area (Å²) in [5.74, 6) is -0.976. The van der Waals surface area contributed by atoms with E-state index in [2.05, 4.69) is 20.2 Å². The number of anilines is 1. The molecule has 3 aromatic rings. The van der Waals surface area contributed by atoms with Crippen LogP contribution in [0.1, 0.15) is 5.69 Å². The van der Waals surface area contributed by atoms with Crippen LogP contribution in [0.3, 0.4) is 0 Å². The summed E-state index contributed by atoms with van der Waals surface area (Å²) in [7, 11) is 0. The highest BCUT2D eigenvalue weighted by Gasteiger charge is 2.30. The molecule has 11 heteroatoms. The van der Waals surface area contributed by atoms with E-state index < -0.39 is 23.6 Å². The molecular formula is C15H11F3N4O4. The zero-order valence-electron chi connectivity index (χ0n) is 13.2. The highest BCUT2D eigenvalue weighted by Crippen LogP contribution is 2.23. The van der Waals surface area contributed by atoms with Gasteiger partial charge in [0.05, 0.1) is 5.69 Å². The molecule has 0 aliphatic rings. The number of ether oxygens (including phenoxy) is 1. The molecule has 1 amide bonds. The van der Waals surface area contributed by atoms with E-state index in [9.17, 15) is 22.8 Å². The Hall–Kier alpha value is -3.37. The molecule has 0 unspecified atom stereocenters. The number of nitrogens with one attached hydrogen (secondary N) is 1. The Morgan fingerprint density at radius 2 is 2.00 bits per heavy atom. The average molecular weight is 368 g/mol. The molecular weight excluding hydrogens is 357 g/mol. The largest absolute Gasteiger partial charge is 0.573 e. The van der Waals surface area contributed by atoms with Crippen molar-refractivity contribution < 1.29 is 27.2 Å². The molecule has 2 heterocycles. The summed E-state index contributed by atoms with van der Waals surface area (Å²) >= 11 is 0. The zero-order chi connectivity index (χ0) is 18.9. The number of alkyl halides is 3. The van der Waals surface area contributed by atoms with Gasteiger partial charge in [0.2, 0.25) is 5.91 Å². The molecule has 0 aliphatic heterocycles. The number of benzene rings is 1. The van der Waals surface area contributed by atoms with Gasteiger partial charge in [-0.3, -0.25) is 14.2 Å². The second-order valence-corrected chi connectivity index (χ2v) is 5.25. The van der Waals surface area contributed by atoms with E-state index in [0.717, 1.165) is 23.0 Å². The standard InChI is InChI=1S/C15H11F3N4O4/c1-8-12-13(26-21-8)19-7-22(14(12)24)6-11(23)20-9-2-4-10(5-3-9)25-15(16,17)18/h2-5,7H,6H2,1H3,(H,20,23). The number of carbonyl (C=O) groups is 1. The van der Waals surface area contributed by atoms with Gasteiger partial charge in [-0.15, -0.1) is 13.2 Å². The van der Waals surface area contributed by atoms with Gasteiger partial charge in [-0.05, 0) is 31.2 Å². The highest BCUT2D eigenvalue weighted by molar-refractivity contribution is 5.90. The molecule has 26 heavy (non-hydrogen) atoms. The third-order valence-electron chi connectivity index (χ3n) is 3.32. The maximum absolute atomic E-state index is 12.3. The van der Waals surface area contributed by atoms with E-state index in [-0.39, 0.29) is 23.3 Å². The van der Waals surface area contributed by atoms with E-state index in [1.165, 1.54) is 12.1 Å². The molecule has 0 bridgehead atoms. The first-order valence-electron chi connectivity index (χ1n) is 7.20. The van der Waals surface area contributed by atoms with Crippen molar-refractivity contribution in [2.45, 2.75) is 19.8 Å². The maximum atomic E-state index is 12.3. The summed E-state index contributed by atoms with van der Waals surface area (Å²) in [6.07, 6.45) is -3.65. The fraction of sp³-hybridized carbons (Fsp3) is 0.200. The topological polar surface area (TPSA) is 99.2 Å². The normalized spacial score (nSPS) is 11.5. The second kappa shape index (κ2) is 6.50. The Kier molecular flexibility index (Phi) is 4.36. The first-order valence-corrected chi connectivity index (χ1v) is 7.20. The van der Waals surface area contributed by atoms with E-state index in [1.807, 2.05) is 0 Å². The molecule has 0 saturated carbocycles. The Morgan fingerprint density at radius 1 is 1.31 bits per heavy atom. The van der Waals surface area contributed by atoms with Crippen LogP contribution in [0.5, 0.6) is 5.75 Å². The van der Waals surface area contributed by atoms with Gasteiger partial charge < -0.3 is 14.6 Å². The number of aromatic nitrogens is 3. The average Bonchev–Trinajstić information content (AvgIpc) is 2.92. The zero-order valence-corrected chi connectivity index (χ0v) is 13.2. The van der Waals surface area contributed by atoms with Gasteiger partial charge in [-0.2, -0.15) is 0 Å². The monoisotopic (exact) mass is 368 g/mol. The molecule has 8 nitrogen and oxygen atoms in total. The number of rotatable bonds is 4. The predicted molar refractivity (Wildman–Crippen MR) is 82.6 cm³/mol. The lowest BCUT2D eigenvalue weighted by molar-refractivity contribution is -0.274. The fourth-order valence-electron chi connectivity index (χ4n) is 2.22. The van der Waals surface area contributed by atoms with Crippen LogP contribution in [0.25, 0.3) is 11.1 Å². The van der Waals surface area contributed by atoms with Crippen molar-refractivity contribution in [3.63, 3.8) is 0 Å². The van der Waals surface area contributed by atoms with Crippen LogP contribution in [0, 0.1) is 6.92 Å².